The highest BCUT2D eigenvalue weighted by Gasteiger charge is 2.31. The minimum absolute atomic E-state index is 0.0506. The second-order valence-corrected chi connectivity index (χ2v) is 17.3. The van der Waals surface area contributed by atoms with Crippen LogP contribution in [0.15, 0.2) is 48.6 Å². The van der Waals surface area contributed by atoms with Crippen LogP contribution in [-0.2, 0) is 28.6 Å². The van der Waals surface area contributed by atoms with Crippen molar-refractivity contribution in [2.75, 3.05) is 41.0 Å². The average Bonchev–Trinajstić information content (AvgIpc) is 3.19. The van der Waals surface area contributed by atoms with Crippen molar-refractivity contribution in [3.8, 4) is 0 Å². The Morgan fingerprint density at radius 1 is 0.525 bits per heavy atom. The van der Waals surface area contributed by atoms with Gasteiger partial charge in [-0.25, -0.2) is 4.79 Å². The lowest BCUT2D eigenvalue weighted by atomic mass is 10.0. The fraction of sp³-hybridized carbons (Fsp3) is 0.784. The molecule has 59 heavy (non-hydrogen) atoms. The van der Waals surface area contributed by atoms with Crippen molar-refractivity contribution in [3.05, 3.63) is 48.6 Å². The minimum Gasteiger partial charge on any atom is -0.477 e. The Morgan fingerprint density at radius 3 is 1.41 bits per heavy atom. The molecule has 0 heterocycles. The van der Waals surface area contributed by atoms with Crippen LogP contribution in [0, 0.1) is 0 Å². The van der Waals surface area contributed by atoms with Crippen molar-refractivity contribution in [3.63, 3.8) is 0 Å². The van der Waals surface area contributed by atoms with Gasteiger partial charge in [-0.3, -0.25) is 9.59 Å². The molecule has 0 aromatic heterocycles. The van der Waals surface area contributed by atoms with Crippen LogP contribution < -0.4 is 0 Å². The first-order valence-corrected chi connectivity index (χ1v) is 24.2. The first kappa shape index (κ1) is 56.3. The van der Waals surface area contributed by atoms with Crippen molar-refractivity contribution in [2.24, 2.45) is 0 Å². The molecule has 342 valence electrons. The summed E-state index contributed by atoms with van der Waals surface area (Å²) < 4.78 is 17.3. The Balaban J connectivity index is 4.23. The van der Waals surface area contributed by atoms with Gasteiger partial charge in [0.05, 0.1) is 34.4 Å². The lowest BCUT2D eigenvalue weighted by Crippen LogP contribution is -2.50. The van der Waals surface area contributed by atoms with Crippen LogP contribution in [0.3, 0.4) is 0 Å². The van der Waals surface area contributed by atoms with Crippen LogP contribution in [0.25, 0.3) is 0 Å². The van der Waals surface area contributed by atoms with Crippen molar-refractivity contribution in [1.29, 1.82) is 0 Å². The number of rotatable bonds is 43. The van der Waals surface area contributed by atoms with E-state index in [2.05, 4.69) is 62.5 Å². The molecule has 0 aliphatic heterocycles. The van der Waals surface area contributed by atoms with Gasteiger partial charge in [0.15, 0.2) is 12.1 Å². The van der Waals surface area contributed by atoms with E-state index in [1.807, 2.05) is 21.1 Å². The zero-order valence-corrected chi connectivity index (χ0v) is 39.0. The first-order chi connectivity index (χ1) is 28.6. The Kier molecular flexibility index (Phi) is 40.1. The molecule has 0 aromatic rings. The molecular weight excluding hydrogens is 739 g/mol. The van der Waals surface area contributed by atoms with E-state index in [0.717, 1.165) is 64.2 Å². The molecule has 0 aromatic carbocycles. The number of aliphatic carboxylic acids is 1. The number of nitrogens with zero attached hydrogens (tertiary/aromatic N) is 1. The van der Waals surface area contributed by atoms with E-state index in [0.29, 0.717) is 19.3 Å². The van der Waals surface area contributed by atoms with E-state index in [-0.39, 0.29) is 36.2 Å². The zero-order chi connectivity index (χ0) is 43.5. The number of hydrogen-bond donors (Lipinski definition) is 1. The monoisotopic (exact) mass is 831 g/mol. The van der Waals surface area contributed by atoms with Gasteiger partial charge in [-0.05, 0) is 51.4 Å². The van der Waals surface area contributed by atoms with Crippen LogP contribution >= 0.6 is 0 Å². The highest BCUT2D eigenvalue weighted by atomic mass is 16.6. The molecule has 0 aliphatic rings. The number of unbranched alkanes of at least 4 members (excludes halogenated alkanes) is 21. The maximum absolute atomic E-state index is 12.8. The van der Waals surface area contributed by atoms with Gasteiger partial charge in [0.1, 0.15) is 6.61 Å². The maximum atomic E-state index is 12.8. The molecule has 2 unspecified atom stereocenters. The number of ether oxygens (including phenoxy) is 3. The fourth-order valence-electron chi connectivity index (χ4n) is 7.02. The number of quaternary nitrogens is 1. The molecule has 0 radical (unpaired) electrons. The summed E-state index contributed by atoms with van der Waals surface area (Å²) in [4.78, 5) is 37.0. The third-order valence-electron chi connectivity index (χ3n) is 10.7. The molecule has 0 rings (SSSR count). The molecule has 0 aliphatic carbocycles. The fourth-order valence-corrected chi connectivity index (χ4v) is 7.02. The standard InChI is InChI=1S/C51H91NO7/c1-6-8-10-12-14-16-18-20-21-22-23-24-25-26-27-28-29-30-32-34-36-38-40-42-50(54)59-47(45-57-44-43-48(51(55)56)52(3,4)5)46-58-49(53)41-39-37-35-33-31-19-17-15-13-11-9-7-2/h8,10,14,16,20-21,23-24,47-48H,6-7,9,11-13,15,17-19,22,25-46H2,1-5H3/p+1/b10-8-,16-14-,21-20-,24-23-. The van der Waals surface area contributed by atoms with E-state index in [1.165, 1.54) is 109 Å². The molecule has 0 fully saturated rings. The number of allylic oxidation sites excluding steroid dienone is 8. The third-order valence-corrected chi connectivity index (χ3v) is 10.7. The number of carboxylic acid groups (broad SMARTS) is 1. The minimum atomic E-state index is -0.875. The number of carbonyl (C=O) groups is 3. The maximum Gasteiger partial charge on any atom is 0.362 e. The van der Waals surface area contributed by atoms with Crippen molar-refractivity contribution in [1.82, 2.24) is 0 Å². The molecule has 1 N–H and O–H groups in total. The smallest absolute Gasteiger partial charge is 0.362 e. The van der Waals surface area contributed by atoms with Crippen LogP contribution in [0.2, 0.25) is 0 Å². The van der Waals surface area contributed by atoms with Crippen LogP contribution in [0.5, 0.6) is 0 Å². The van der Waals surface area contributed by atoms with E-state index >= 15 is 0 Å². The molecule has 2 atom stereocenters. The van der Waals surface area contributed by atoms with Crippen LogP contribution in [-0.4, -0.2) is 80.6 Å². The van der Waals surface area contributed by atoms with Gasteiger partial charge < -0.3 is 23.8 Å². The summed E-state index contributed by atoms with van der Waals surface area (Å²) >= 11 is 0. The SMILES string of the molecule is CC/C=C\C/C=C\C/C=C\C/C=C\CCCCCCCCCCCCC(=O)OC(COCCC(C(=O)O)[N+](C)(C)C)COC(=O)CCCCCCCCCCCCCC. The summed E-state index contributed by atoms with van der Waals surface area (Å²) in [7, 11) is 5.53. The van der Waals surface area contributed by atoms with Crippen molar-refractivity contribution in [2.45, 2.75) is 219 Å². The van der Waals surface area contributed by atoms with Gasteiger partial charge in [-0.1, -0.05) is 184 Å². The summed E-state index contributed by atoms with van der Waals surface area (Å²) in [6, 6.07) is -0.614. The predicted molar refractivity (Wildman–Crippen MR) is 248 cm³/mol. The topological polar surface area (TPSA) is 99.1 Å². The normalized spacial score (nSPS) is 13.3. The van der Waals surface area contributed by atoms with Gasteiger partial charge in [0, 0.05) is 19.3 Å². The van der Waals surface area contributed by atoms with Gasteiger partial charge >= 0.3 is 17.9 Å². The quantitative estimate of drug-likeness (QED) is 0.0283. The predicted octanol–water partition coefficient (Wildman–Crippen LogP) is 13.6. The number of hydrogen-bond acceptors (Lipinski definition) is 6. The largest absolute Gasteiger partial charge is 0.477 e. The molecule has 0 saturated heterocycles. The van der Waals surface area contributed by atoms with E-state index in [9.17, 15) is 19.5 Å². The third kappa shape index (κ3) is 40.5. The van der Waals surface area contributed by atoms with Gasteiger partial charge in [-0.2, -0.15) is 0 Å². The number of likely N-dealkylation sites (N-methyl/N-ethyl adjacent to an activating group) is 1. The van der Waals surface area contributed by atoms with Gasteiger partial charge in [-0.15, -0.1) is 0 Å². The summed E-state index contributed by atoms with van der Waals surface area (Å²) in [5.74, 6) is -1.47. The van der Waals surface area contributed by atoms with Gasteiger partial charge in [0.25, 0.3) is 0 Å². The first-order valence-electron chi connectivity index (χ1n) is 24.2. The van der Waals surface area contributed by atoms with Crippen LogP contribution in [0.1, 0.15) is 206 Å². The summed E-state index contributed by atoms with van der Waals surface area (Å²) in [5, 5.41) is 9.63. The second-order valence-electron chi connectivity index (χ2n) is 17.3. The Morgan fingerprint density at radius 2 is 0.949 bits per heavy atom. The molecule has 8 nitrogen and oxygen atoms in total. The zero-order valence-electron chi connectivity index (χ0n) is 39.0. The molecule has 8 heteroatoms. The van der Waals surface area contributed by atoms with Crippen molar-refractivity contribution >= 4 is 17.9 Å². The average molecular weight is 831 g/mol. The highest BCUT2D eigenvalue weighted by Crippen LogP contribution is 2.15. The van der Waals surface area contributed by atoms with Crippen molar-refractivity contribution < 1.29 is 38.2 Å². The molecular formula is C51H92NO7+. The Bertz CT molecular complexity index is 1110. The summed E-state index contributed by atoms with van der Waals surface area (Å²) in [6.45, 7) is 4.63. The molecule has 0 amide bonds. The molecule has 0 saturated carbocycles. The number of esters is 2. The van der Waals surface area contributed by atoms with E-state index in [1.54, 1.807) is 0 Å². The van der Waals surface area contributed by atoms with Gasteiger partial charge in [0.2, 0.25) is 0 Å². The Hall–Kier alpha value is -2.71. The molecule has 0 bridgehead atoms. The lowest BCUT2D eigenvalue weighted by Gasteiger charge is -2.31. The van der Waals surface area contributed by atoms with E-state index in [4.69, 9.17) is 14.2 Å². The second kappa shape index (κ2) is 42.0. The Labute approximate surface area is 363 Å². The number of carboxylic acids is 1. The summed E-state index contributed by atoms with van der Waals surface area (Å²) in [6.07, 6.45) is 50.1. The van der Waals surface area contributed by atoms with Crippen LogP contribution in [0.4, 0.5) is 0 Å². The molecule has 0 spiro atoms. The highest BCUT2D eigenvalue weighted by molar-refractivity contribution is 5.72. The lowest BCUT2D eigenvalue weighted by molar-refractivity contribution is -0.887. The number of carbonyl (C=O) groups excluding carboxylic acids is 2. The van der Waals surface area contributed by atoms with E-state index < -0.39 is 18.1 Å². The summed E-state index contributed by atoms with van der Waals surface area (Å²) in [5.41, 5.74) is 0.